The van der Waals surface area contributed by atoms with Crippen LogP contribution in [-0.2, 0) is 6.42 Å². The van der Waals surface area contributed by atoms with Crippen LogP contribution in [0, 0.1) is 0 Å². The van der Waals surface area contributed by atoms with Crippen molar-refractivity contribution in [3.63, 3.8) is 0 Å². The van der Waals surface area contributed by atoms with Gasteiger partial charge in [0.25, 0.3) is 0 Å². The zero-order chi connectivity index (χ0) is 22.2. The summed E-state index contributed by atoms with van der Waals surface area (Å²) in [7, 11) is 0. The topological polar surface area (TPSA) is 38.4 Å². The Morgan fingerprint density at radius 1 is 0.903 bits per heavy atom. The Hall–Kier alpha value is -3.20. The number of hydrogen-bond donors (Lipinski definition) is 0. The van der Waals surface area contributed by atoms with Crippen molar-refractivity contribution in [1.82, 2.24) is 4.98 Å². The summed E-state index contributed by atoms with van der Waals surface area (Å²) in [5.74, 6) is 2.23. The van der Waals surface area contributed by atoms with E-state index in [0.29, 0.717) is 24.1 Å². The number of benzene rings is 2. The molecule has 0 amide bonds. The van der Waals surface area contributed by atoms with Gasteiger partial charge in [0.15, 0.2) is 0 Å². The minimum absolute atomic E-state index is 0.395. The molecular formula is C28H32N2O. The van der Waals surface area contributed by atoms with Crippen molar-refractivity contribution in [3.05, 3.63) is 95.4 Å². The second kappa shape index (κ2) is 10.7. The van der Waals surface area contributed by atoms with Gasteiger partial charge in [0.1, 0.15) is 11.5 Å². The molecule has 2 aromatic carbocycles. The zero-order valence-electron chi connectivity index (χ0n) is 19.2. The van der Waals surface area contributed by atoms with Crippen LogP contribution >= 0.6 is 0 Å². The van der Waals surface area contributed by atoms with E-state index in [2.05, 4.69) is 52.0 Å². The lowest BCUT2D eigenvalue weighted by molar-refractivity contribution is 0.531. The molecule has 1 heterocycles. The van der Waals surface area contributed by atoms with Crippen LogP contribution in [0.15, 0.2) is 82.2 Å². The first-order valence-corrected chi connectivity index (χ1v) is 11.0. The van der Waals surface area contributed by atoms with Crippen LogP contribution in [0.4, 0.5) is 5.69 Å². The molecule has 0 saturated carbocycles. The van der Waals surface area contributed by atoms with E-state index < -0.39 is 0 Å². The maximum absolute atomic E-state index is 6.15. The first-order chi connectivity index (χ1) is 15.0. The smallest absolute Gasteiger partial charge is 0.226 e. The van der Waals surface area contributed by atoms with Crippen LogP contribution in [-0.4, -0.2) is 11.2 Å². The number of para-hydroxylation sites is 1. The van der Waals surface area contributed by atoms with Crippen LogP contribution in [0.1, 0.15) is 69.0 Å². The average Bonchev–Trinajstić information content (AvgIpc) is 3.18. The highest BCUT2D eigenvalue weighted by Crippen LogP contribution is 2.34. The summed E-state index contributed by atoms with van der Waals surface area (Å²) in [4.78, 5) is 9.72. The Balaban J connectivity index is 2.04. The molecule has 0 spiro atoms. The standard InChI is InChI=1S/C28H32N2O/c1-6-7-8-12-18-26-25(30-28(31-26)22-14-10-9-11-15-22)19-29-27-23(20(2)3)16-13-17-24(27)21(4)5/h6-17,19-21H,18H2,1-5H3/b7-6-,12-8-,29-19?. The van der Waals surface area contributed by atoms with Crippen LogP contribution in [0.3, 0.4) is 0 Å². The van der Waals surface area contributed by atoms with Gasteiger partial charge in [0, 0.05) is 12.0 Å². The molecule has 3 nitrogen and oxygen atoms in total. The number of allylic oxidation sites excluding steroid dienone is 4. The Morgan fingerprint density at radius 3 is 2.19 bits per heavy atom. The fraction of sp³-hybridized carbons (Fsp3) is 0.286. The summed E-state index contributed by atoms with van der Waals surface area (Å²) in [6.07, 6.45) is 10.6. The molecule has 0 aliphatic rings. The van der Waals surface area contributed by atoms with Gasteiger partial charge in [-0.1, -0.05) is 88.4 Å². The number of aliphatic imine (C=N–C) groups is 1. The molecule has 0 radical (unpaired) electrons. The fourth-order valence-corrected chi connectivity index (χ4v) is 3.47. The number of nitrogens with zero attached hydrogens (tertiary/aromatic N) is 2. The van der Waals surface area contributed by atoms with Gasteiger partial charge in [-0.15, -0.1) is 0 Å². The van der Waals surface area contributed by atoms with Crippen molar-refractivity contribution in [2.45, 2.75) is 52.9 Å². The molecule has 160 valence electrons. The van der Waals surface area contributed by atoms with Crippen LogP contribution in [0.25, 0.3) is 11.5 Å². The molecule has 3 rings (SSSR count). The normalized spacial score (nSPS) is 12.4. The molecule has 3 aromatic rings. The van der Waals surface area contributed by atoms with Gasteiger partial charge >= 0.3 is 0 Å². The summed E-state index contributed by atoms with van der Waals surface area (Å²) < 4.78 is 6.15. The quantitative estimate of drug-likeness (QED) is 0.277. The van der Waals surface area contributed by atoms with Gasteiger partial charge in [-0.05, 0) is 42.0 Å². The van der Waals surface area contributed by atoms with E-state index in [4.69, 9.17) is 14.4 Å². The third kappa shape index (κ3) is 5.69. The Morgan fingerprint density at radius 2 is 1.58 bits per heavy atom. The van der Waals surface area contributed by atoms with E-state index >= 15 is 0 Å². The highest BCUT2D eigenvalue weighted by atomic mass is 16.4. The summed E-state index contributed by atoms with van der Waals surface area (Å²) in [5, 5.41) is 0. The molecule has 0 aliphatic carbocycles. The molecule has 0 aliphatic heterocycles. The highest BCUT2D eigenvalue weighted by Gasteiger charge is 2.15. The summed E-state index contributed by atoms with van der Waals surface area (Å²) >= 11 is 0. The van der Waals surface area contributed by atoms with Crippen LogP contribution < -0.4 is 0 Å². The lowest BCUT2D eigenvalue weighted by atomic mass is 9.93. The molecule has 31 heavy (non-hydrogen) atoms. The Labute approximate surface area is 186 Å². The molecule has 1 aromatic heterocycles. The van der Waals surface area contributed by atoms with E-state index in [9.17, 15) is 0 Å². The van der Waals surface area contributed by atoms with Crippen LogP contribution in [0.5, 0.6) is 0 Å². The zero-order valence-corrected chi connectivity index (χ0v) is 19.2. The van der Waals surface area contributed by atoms with E-state index in [1.807, 2.05) is 61.7 Å². The van der Waals surface area contributed by atoms with E-state index in [1.165, 1.54) is 11.1 Å². The third-order valence-corrected chi connectivity index (χ3v) is 5.15. The van der Waals surface area contributed by atoms with Gasteiger partial charge in [-0.25, -0.2) is 4.98 Å². The lowest BCUT2D eigenvalue weighted by Gasteiger charge is -2.16. The first-order valence-electron chi connectivity index (χ1n) is 11.0. The maximum atomic E-state index is 6.15. The van der Waals surface area contributed by atoms with E-state index in [-0.39, 0.29) is 0 Å². The van der Waals surface area contributed by atoms with Crippen molar-refractivity contribution in [2.24, 2.45) is 4.99 Å². The van der Waals surface area contributed by atoms with Gasteiger partial charge in [0.05, 0.1) is 11.9 Å². The van der Waals surface area contributed by atoms with Crippen molar-refractivity contribution in [2.75, 3.05) is 0 Å². The molecule has 0 N–H and O–H groups in total. The first kappa shape index (κ1) is 22.5. The maximum Gasteiger partial charge on any atom is 0.226 e. The predicted octanol–water partition coefficient (Wildman–Crippen LogP) is 8.01. The number of rotatable bonds is 8. The highest BCUT2D eigenvalue weighted by molar-refractivity contribution is 5.83. The molecule has 0 saturated heterocycles. The SMILES string of the molecule is C/C=C\C=C/Cc1oc(-c2ccccc2)nc1C=Nc1c(C(C)C)cccc1C(C)C. The van der Waals surface area contributed by atoms with Crippen molar-refractivity contribution in [1.29, 1.82) is 0 Å². The van der Waals surface area contributed by atoms with Crippen molar-refractivity contribution < 1.29 is 4.42 Å². The summed E-state index contributed by atoms with van der Waals surface area (Å²) in [6.45, 7) is 10.8. The molecule has 0 bridgehead atoms. The largest absolute Gasteiger partial charge is 0.440 e. The second-order valence-electron chi connectivity index (χ2n) is 8.20. The van der Waals surface area contributed by atoms with Gasteiger partial charge in [-0.3, -0.25) is 4.99 Å². The second-order valence-corrected chi connectivity index (χ2v) is 8.20. The molecule has 0 fully saturated rings. The molecular weight excluding hydrogens is 380 g/mol. The van der Waals surface area contributed by atoms with Gasteiger partial charge in [-0.2, -0.15) is 0 Å². The minimum Gasteiger partial charge on any atom is -0.440 e. The number of aromatic nitrogens is 1. The summed E-state index contributed by atoms with van der Waals surface area (Å²) in [5.41, 5.74) is 5.29. The fourth-order valence-electron chi connectivity index (χ4n) is 3.47. The Kier molecular flexibility index (Phi) is 7.77. The third-order valence-electron chi connectivity index (χ3n) is 5.15. The Bertz CT molecular complexity index is 1040. The van der Waals surface area contributed by atoms with Crippen LogP contribution in [0.2, 0.25) is 0 Å². The molecule has 0 unspecified atom stereocenters. The summed E-state index contributed by atoms with van der Waals surface area (Å²) in [6, 6.07) is 16.5. The van der Waals surface area contributed by atoms with E-state index in [1.54, 1.807) is 0 Å². The van der Waals surface area contributed by atoms with E-state index in [0.717, 1.165) is 22.7 Å². The van der Waals surface area contributed by atoms with Gasteiger partial charge < -0.3 is 4.42 Å². The lowest BCUT2D eigenvalue weighted by Crippen LogP contribution is -1.96. The number of hydrogen-bond acceptors (Lipinski definition) is 3. The van der Waals surface area contributed by atoms with Gasteiger partial charge in [0.2, 0.25) is 5.89 Å². The average molecular weight is 413 g/mol. The predicted molar refractivity (Wildman–Crippen MR) is 131 cm³/mol. The number of oxazole rings is 1. The molecule has 0 atom stereocenters. The molecule has 3 heteroatoms. The minimum atomic E-state index is 0.395. The monoisotopic (exact) mass is 412 g/mol. The van der Waals surface area contributed by atoms with Crippen molar-refractivity contribution in [3.8, 4) is 11.5 Å². The van der Waals surface area contributed by atoms with Crippen molar-refractivity contribution >= 4 is 11.9 Å².